The van der Waals surface area contributed by atoms with Gasteiger partial charge in [-0.3, -0.25) is 9.59 Å². The highest BCUT2D eigenvalue weighted by Gasteiger charge is 2.24. The van der Waals surface area contributed by atoms with Gasteiger partial charge >= 0.3 is 0 Å². The molecule has 4 nitrogen and oxygen atoms in total. The molecule has 2 aromatic carbocycles. The predicted octanol–water partition coefficient (Wildman–Crippen LogP) is 4.70. The van der Waals surface area contributed by atoms with Crippen molar-refractivity contribution in [3.8, 4) is 0 Å². The molecule has 0 spiro atoms. The van der Waals surface area contributed by atoms with Crippen molar-refractivity contribution in [3.05, 3.63) is 59.7 Å². The van der Waals surface area contributed by atoms with E-state index in [1.54, 1.807) is 24.3 Å². The van der Waals surface area contributed by atoms with Crippen LogP contribution in [0.4, 0.5) is 14.5 Å². The molecule has 2 N–H and O–H groups in total. The van der Waals surface area contributed by atoms with Crippen LogP contribution in [0.1, 0.15) is 29.8 Å². The first-order valence-corrected chi connectivity index (χ1v) is 9.37. The number of hydrogen-bond acceptors (Lipinski definition) is 3. The maximum absolute atomic E-state index is 12.6. The molecule has 0 aliphatic carbocycles. The minimum atomic E-state index is -2.49. The Kier molecular flexibility index (Phi) is 7.36. The fraction of sp³-hybridized carbons (Fsp3) is 0.300. The zero-order chi connectivity index (χ0) is 20.0. The first-order chi connectivity index (χ1) is 12.8. The van der Waals surface area contributed by atoms with Crippen LogP contribution < -0.4 is 10.6 Å². The Labute approximate surface area is 161 Å². The molecule has 144 valence electrons. The topological polar surface area (TPSA) is 58.2 Å². The summed E-state index contributed by atoms with van der Waals surface area (Å²) in [4.78, 5) is 25.4. The number of aryl methyl sites for hydroxylation is 1. The normalized spacial score (nSPS) is 12.1. The molecule has 7 heteroatoms. The van der Waals surface area contributed by atoms with Gasteiger partial charge in [-0.05, 0) is 49.2 Å². The van der Waals surface area contributed by atoms with Gasteiger partial charge in [0.2, 0.25) is 5.91 Å². The minimum absolute atomic E-state index is 0.131. The summed E-state index contributed by atoms with van der Waals surface area (Å²) in [5, 5.41) is 5.47. The van der Waals surface area contributed by atoms with E-state index in [1.165, 1.54) is 12.1 Å². The van der Waals surface area contributed by atoms with Gasteiger partial charge in [0.1, 0.15) is 6.04 Å². The summed E-state index contributed by atoms with van der Waals surface area (Å²) < 4.78 is 24.7. The van der Waals surface area contributed by atoms with Gasteiger partial charge in [-0.25, -0.2) is 0 Å². The smallest absolute Gasteiger partial charge is 0.288 e. The van der Waals surface area contributed by atoms with Crippen LogP contribution in [0.2, 0.25) is 0 Å². The Morgan fingerprint density at radius 1 is 0.963 bits per heavy atom. The van der Waals surface area contributed by atoms with Gasteiger partial charge in [0, 0.05) is 16.1 Å². The third-order valence-corrected chi connectivity index (χ3v) is 4.62. The second-order valence-electron chi connectivity index (χ2n) is 6.45. The molecule has 0 aliphatic rings. The number of rotatable bonds is 7. The molecule has 0 bridgehead atoms. The van der Waals surface area contributed by atoms with Crippen molar-refractivity contribution in [1.29, 1.82) is 0 Å². The average Bonchev–Trinajstić information content (AvgIpc) is 2.61. The maximum Gasteiger partial charge on any atom is 0.288 e. The summed E-state index contributed by atoms with van der Waals surface area (Å²) >= 11 is 0.441. The Bertz CT molecular complexity index is 778. The molecule has 0 heterocycles. The number of amides is 2. The number of carbonyl (C=O) groups excluding carboxylic acids is 2. The Balaban J connectivity index is 2.03. The standard InChI is InChI=1S/C20H22F2N2O2S/c1-12(2)17(24-18(25)14-6-4-13(3)5-7-14)19(26)23-15-8-10-16(11-9-15)27-20(21)22/h4-12,17,20H,1-3H3,(H,23,26)(H,24,25)/t17-/m1/s1. The first kappa shape index (κ1) is 20.9. The largest absolute Gasteiger partial charge is 0.340 e. The molecule has 27 heavy (non-hydrogen) atoms. The van der Waals surface area contributed by atoms with E-state index < -0.39 is 11.8 Å². The third kappa shape index (κ3) is 6.36. The third-order valence-electron chi connectivity index (χ3n) is 3.90. The molecule has 2 aromatic rings. The van der Waals surface area contributed by atoms with E-state index in [0.717, 1.165) is 5.56 Å². The van der Waals surface area contributed by atoms with Crippen LogP contribution in [0.25, 0.3) is 0 Å². The lowest BCUT2D eigenvalue weighted by Crippen LogP contribution is -2.47. The van der Waals surface area contributed by atoms with E-state index in [0.29, 0.717) is 27.9 Å². The van der Waals surface area contributed by atoms with Crippen molar-refractivity contribution in [1.82, 2.24) is 5.32 Å². The van der Waals surface area contributed by atoms with E-state index in [4.69, 9.17) is 0 Å². The molecule has 0 radical (unpaired) electrons. The molecule has 0 unspecified atom stereocenters. The number of benzene rings is 2. The van der Waals surface area contributed by atoms with Crippen molar-refractivity contribution in [2.24, 2.45) is 5.92 Å². The number of carbonyl (C=O) groups is 2. The maximum atomic E-state index is 12.6. The van der Waals surface area contributed by atoms with Crippen molar-refractivity contribution < 1.29 is 18.4 Å². The van der Waals surface area contributed by atoms with Gasteiger partial charge in [-0.1, -0.05) is 43.3 Å². The van der Waals surface area contributed by atoms with E-state index in [1.807, 2.05) is 32.9 Å². The van der Waals surface area contributed by atoms with Gasteiger partial charge in [0.15, 0.2) is 0 Å². The second kappa shape index (κ2) is 9.50. The van der Waals surface area contributed by atoms with Crippen molar-refractivity contribution in [3.63, 3.8) is 0 Å². The predicted molar refractivity (Wildman–Crippen MR) is 104 cm³/mol. The number of anilines is 1. The Morgan fingerprint density at radius 2 is 1.56 bits per heavy atom. The highest BCUT2D eigenvalue weighted by molar-refractivity contribution is 7.99. The fourth-order valence-corrected chi connectivity index (χ4v) is 2.90. The van der Waals surface area contributed by atoms with Gasteiger partial charge in [-0.2, -0.15) is 8.78 Å². The van der Waals surface area contributed by atoms with Crippen LogP contribution in [0.3, 0.4) is 0 Å². The zero-order valence-electron chi connectivity index (χ0n) is 15.3. The van der Waals surface area contributed by atoms with Crippen LogP contribution in [-0.4, -0.2) is 23.6 Å². The summed E-state index contributed by atoms with van der Waals surface area (Å²) in [5.41, 5.74) is 2.00. The van der Waals surface area contributed by atoms with Crippen molar-refractivity contribution in [2.45, 2.75) is 37.5 Å². The number of thioether (sulfide) groups is 1. The van der Waals surface area contributed by atoms with E-state index >= 15 is 0 Å². The lowest BCUT2D eigenvalue weighted by atomic mass is 10.0. The van der Waals surface area contributed by atoms with E-state index in [9.17, 15) is 18.4 Å². The molecule has 0 aliphatic heterocycles. The van der Waals surface area contributed by atoms with Crippen LogP contribution >= 0.6 is 11.8 Å². The van der Waals surface area contributed by atoms with Crippen LogP contribution in [0.15, 0.2) is 53.4 Å². The summed E-state index contributed by atoms with van der Waals surface area (Å²) in [5.74, 6) is -3.31. The van der Waals surface area contributed by atoms with Gasteiger partial charge in [0.05, 0.1) is 0 Å². The molecule has 1 atom stereocenters. The second-order valence-corrected chi connectivity index (χ2v) is 7.52. The molecule has 2 amide bonds. The van der Waals surface area contributed by atoms with Gasteiger partial charge < -0.3 is 10.6 Å². The number of nitrogens with one attached hydrogen (secondary N) is 2. The quantitative estimate of drug-likeness (QED) is 0.672. The zero-order valence-corrected chi connectivity index (χ0v) is 16.1. The van der Waals surface area contributed by atoms with E-state index in [-0.39, 0.29) is 17.7 Å². The lowest BCUT2D eigenvalue weighted by Gasteiger charge is -2.22. The Morgan fingerprint density at radius 3 is 2.07 bits per heavy atom. The monoisotopic (exact) mass is 392 g/mol. The summed E-state index contributed by atoms with van der Waals surface area (Å²) in [7, 11) is 0. The number of halogens is 2. The molecular weight excluding hydrogens is 370 g/mol. The van der Waals surface area contributed by atoms with Crippen LogP contribution in [0, 0.1) is 12.8 Å². The van der Waals surface area contributed by atoms with Gasteiger partial charge in [0.25, 0.3) is 11.7 Å². The van der Waals surface area contributed by atoms with E-state index in [2.05, 4.69) is 10.6 Å². The molecule has 0 saturated heterocycles. The van der Waals surface area contributed by atoms with Gasteiger partial charge in [-0.15, -0.1) is 0 Å². The summed E-state index contributed by atoms with van der Waals surface area (Å²) in [6.45, 7) is 5.60. The number of alkyl halides is 2. The molecule has 0 saturated carbocycles. The molecule has 2 rings (SSSR count). The van der Waals surface area contributed by atoms with Crippen molar-refractivity contribution >= 4 is 29.3 Å². The highest BCUT2D eigenvalue weighted by atomic mass is 32.2. The van der Waals surface area contributed by atoms with Crippen molar-refractivity contribution in [2.75, 3.05) is 5.32 Å². The Hall–Kier alpha value is -2.41. The van der Waals surface area contributed by atoms with Crippen LogP contribution in [-0.2, 0) is 4.79 Å². The SMILES string of the molecule is Cc1ccc(C(=O)N[C@@H](C(=O)Nc2ccc(SC(F)F)cc2)C(C)C)cc1. The number of hydrogen-bond donors (Lipinski definition) is 2. The minimum Gasteiger partial charge on any atom is -0.340 e. The lowest BCUT2D eigenvalue weighted by molar-refractivity contribution is -0.118. The fourth-order valence-electron chi connectivity index (χ4n) is 2.40. The first-order valence-electron chi connectivity index (χ1n) is 8.49. The summed E-state index contributed by atoms with van der Waals surface area (Å²) in [6.07, 6.45) is 0. The van der Waals surface area contributed by atoms with Crippen LogP contribution in [0.5, 0.6) is 0 Å². The average molecular weight is 392 g/mol. The molecule has 0 fully saturated rings. The highest BCUT2D eigenvalue weighted by Crippen LogP contribution is 2.26. The summed E-state index contributed by atoms with van der Waals surface area (Å²) in [6, 6.07) is 12.5. The molecule has 0 aromatic heterocycles. The molecular formula is C20H22F2N2O2S.